The summed E-state index contributed by atoms with van der Waals surface area (Å²) in [6, 6.07) is 5.25. The molecule has 0 aliphatic carbocycles. The van der Waals surface area contributed by atoms with Crippen LogP contribution in [0.2, 0.25) is 0 Å². The maximum atomic E-state index is 14.0. The zero-order valence-corrected chi connectivity index (χ0v) is 23.1. The first-order valence-corrected chi connectivity index (χ1v) is 14.4. The van der Waals surface area contributed by atoms with Crippen molar-refractivity contribution in [1.82, 2.24) is 10.2 Å². The van der Waals surface area contributed by atoms with Gasteiger partial charge in [-0.3, -0.25) is 14.4 Å². The summed E-state index contributed by atoms with van der Waals surface area (Å²) in [5.41, 5.74) is 2.74. The predicted octanol–water partition coefficient (Wildman–Crippen LogP) is 3.40. The molecule has 3 saturated heterocycles. The van der Waals surface area contributed by atoms with Crippen LogP contribution in [0.3, 0.4) is 0 Å². The number of nitrogens with zero attached hydrogens (tertiary/aromatic N) is 1. The summed E-state index contributed by atoms with van der Waals surface area (Å²) >= 11 is 5.46. The minimum atomic E-state index is -0.646. The van der Waals surface area contributed by atoms with Gasteiger partial charge in [0, 0.05) is 35.5 Å². The highest BCUT2D eigenvalue weighted by atomic mass is 79.9. The molecule has 1 aromatic rings. The minimum absolute atomic E-state index is 0.0344. The molecule has 3 amide bonds. The third-order valence-electron chi connectivity index (χ3n) is 7.68. The fraction of sp³-hybridized carbons (Fsp3) is 0.654. The number of nitrogens with one attached hydrogen (secondary N) is 2. The number of halogens is 1. The summed E-state index contributed by atoms with van der Waals surface area (Å²) in [4.78, 5) is 42.9. The number of hydrogen-bond acceptors (Lipinski definition) is 5. The highest BCUT2D eigenvalue weighted by Gasteiger charge is 2.75. The number of para-hydroxylation sites is 1. The molecular formula is C26H36BrN3O4S. The monoisotopic (exact) mass is 565 g/mol. The summed E-state index contributed by atoms with van der Waals surface area (Å²) in [5, 5.41) is 15.3. The standard InChI is InChI=1S/C26H36BrN3O4S/c1-4-11-28-23(32)18-19-25(34)30(12-6-5-7-13-31)22(26(19)14-17(27)21(18)35-26)24(33)29-20-15(2)9-8-10-16(20)3/h8-10,17-19,21-22,31H,4-7,11-14H2,1-3H3,(H,28,32)(H,29,33)/t17?,18-,19-,21-,22?,26?/m0/s1. The number of fused-ring (bicyclic) bond motifs is 1. The molecule has 0 saturated carbocycles. The first-order chi connectivity index (χ1) is 16.8. The van der Waals surface area contributed by atoms with Crippen molar-refractivity contribution in [2.24, 2.45) is 11.8 Å². The Morgan fingerprint density at radius 1 is 1.20 bits per heavy atom. The number of aryl methyl sites for hydroxylation is 2. The molecule has 6 atom stereocenters. The van der Waals surface area contributed by atoms with Crippen molar-refractivity contribution in [2.45, 2.75) is 73.7 Å². The second kappa shape index (κ2) is 10.8. The van der Waals surface area contributed by atoms with E-state index < -0.39 is 22.6 Å². The lowest BCUT2D eigenvalue weighted by atomic mass is 9.70. The van der Waals surface area contributed by atoms with Crippen LogP contribution in [0.5, 0.6) is 0 Å². The molecule has 3 unspecified atom stereocenters. The summed E-state index contributed by atoms with van der Waals surface area (Å²) in [5.74, 6) is -1.29. The average Bonchev–Trinajstić information content (AvgIpc) is 3.41. The van der Waals surface area contributed by atoms with Crippen molar-refractivity contribution < 1.29 is 19.5 Å². The maximum Gasteiger partial charge on any atom is 0.248 e. The fourth-order valence-electron chi connectivity index (χ4n) is 6.11. The molecule has 1 aromatic carbocycles. The van der Waals surface area contributed by atoms with Gasteiger partial charge in [0.2, 0.25) is 17.7 Å². The number of hydrogen-bond donors (Lipinski definition) is 3. The smallest absolute Gasteiger partial charge is 0.248 e. The van der Waals surface area contributed by atoms with Gasteiger partial charge in [-0.25, -0.2) is 0 Å². The summed E-state index contributed by atoms with van der Waals surface area (Å²) in [7, 11) is 0. The Bertz CT molecular complexity index is 971. The molecule has 0 radical (unpaired) electrons. The highest BCUT2D eigenvalue weighted by molar-refractivity contribution is 9.09. The Hall–Kier alpha value is -1.58. The number of amides is 3. The Balaban J connectivity index is 1.68. The van der Waals surface area contributed by atoms with Gasteiger partial charge in [0.15, 0.2) is 0 Å². The molecule has 3 fully saturated rings. The molecule has 9 heteroatoms. The Kier molecular flexibility index (Phi) is 8.18. The molecule has 3 N–H and O–H groups in total. The number of unbranched alkanes of at least 4 members (excludes halogenated alkanes) is 2. The highest BCUT2D eigenvalue weighted by Crippen LogP contribution is 2.67. The van der Waals surface area contributed by atoms with Crippen LogP contribution in [0.25, 0.3) is 0 Å². The van der Waals surface area contributed by atoms with Gasteiger partial charge in [0.05, 0.1) is 16.6 Å². The second-order valence-electron chi connectivity index (χ2n) is 10.0. The summed E-state index contributed by atoms with van der Waals surface area (Å²) < 4.78 is -0.637. The van der Waals surface area contributed by atoms with E-state index in [1.807, 2.05) is 39.0 Å². The van der Waals surface area contributed by atoms with E-state index in [1.165, 1.54) is 0 Å². The van der Waals surface area contributed by atoms with Gasteiger partial charge in [0.1, 0.15) is 6.04 Å². The van der Waals surface area contributed by atoms with Crippen LogP contribution in [0.4, 0.5) is 5.69 Å². The van der Waals surface area contributed by atoms with E-state index in [0.717, 1.165) is 29.7 Å². The number of alkyl halides is 1. The van der Waals surface area contributed by atoms with Crippen LogP contribution in [0.15, 0.2) is 18.2 Å². The van der Waals surface area contributed by atoms with E-state index in [0.29, 0.717) is 32.4 Å². The predicted molar refractivity (Wildman–Crippen MR) is 143 cm³/mol. The lowest BCUT2D eigenvalue weighted by Crippen LogP contribution is -2.53. The molecule has 3 heterocycles. The van der Waals surface area contributed by atoms with Crippen molar-refractivity contribution >= 4 is 51.1 Å². The largest absolute Gasteiger partial charge is 0.396 e. The van der Waals surface area contributed by atoms with E-state index in [9.17, 15) is 19.5 Å². The van der Waals surface area contributed by atoms with Gasteiger partial charge >= 0.3 is 0 Å². The van der Waals surface area contributed by atoms with Crippen LogP contribution in [-0.4, -0.2) is 68.3 Å². The number of thioether (sulfide) groups is 1. The first kappa shape index (κ1) is 26.5. The topological polar surface area (TPSA) is 98.7 Å². The first-order valence-electron chi connectivity index (χ1n) is 12.6. The van der Waals surface area contributed by atoms with Crippen molar-refractivity contribution in [3.63, 3.8) is 0 Å². The number of aliphatic hydroxyl groups is 1. The molecule has 0 aromatic heterocycles. The Morgan fingerprint density at radius 2 is 1.91 bits per heavy atom. The third-order valence-corrected chi connectivity index (χ3v) is 10.9. The van der Waals surface area contributed by atoms with Crippen LogP contribution in [-0.2, 0) is 14.4 Å². The van der Waals surface area contributed by atoms with E-state index in [4.69, 9.17) is 0 Å². The number of benzene rings is 1. The van der Waals surface area contributed by atoms with E-state index in [-0.39, 0.29) is 34.4 Å². The van der Waals surface area contributed by atoms with E-state index in [1.54, 1.807) is 16.7 Å². The Morgan fingerprint density at radius 3 is 2.57 bits per heavy atom. The molecule has 1 spiro atoms. The summed E-state index contributed by atoms with van der Waals surface area (Å²) in [6.07, 6.45) is 3.66. The summed E-state index contributed by atoms with van der Waals surface area (Å²) in [6.45, 7) is 7.08. The fourth-order valence-corrected chi connectivity index (χ4v) is 9.72. The van der Waals surface area contributed by atoms with Crippen LogP contribution in [0.1, 0.15) is 50.2 Å². The third kappa shape index (κ3) is 4.64. The average molecular weight is 567 g/mol. The molecule has 2 bridgehead atoms. The molecule has 192 valence electrons. The number of aliphatic hydroxyl groups excluding tert-OH is 1. The lowest BCUT2D eigenvalue weighted by molar-refractivity contribution is -0.139. The molecular weight excluding hydrogens is 530 g/mol. The van der Waals surface area contributed by atoms with Gasteiger partial charge < -0.3 is 20.6 Å². The van der Waals surface area contributed by atoms with Crippen molar-refractivity contribution in [2.75, 3.05) is 25.0 Å². The maximum absolute atomic E-state index is 14.0. The number of carbonyl (C=O) groups excluding carboxylic acids is 3. The number of carbonyl (C=O) groups is 3. The van der Waals surface area contributed by atoms with Gasteiger partial charge in [-0.1, -0.05) is 41.1 Å². The Labute approximate surface area is 220 Å². The second-order valence-corrected chi connectivity index (χ2v) is 12.7. The van der Waals surface area contributed by atoms with Gasteiger partial charge in [-0.05, 0) is 57.1 Å². The van der Waals surface area contributed by atoms with Gasteiger partial charge in [-0.15, -0.1) is 11.8 Å². The normalized spacial score (nSPS) is 31.1. The number of likely N-dealkylation sites (tertiary alicyclic amines) is 1. The van der Waals surface area contributed by atoms with Gasteiger partial charge in [0.25, 0.3) is 0 Å². The molecule has 4 rings (SSSR count). The quantitative estimate of drug-likeness (QED) is 0.298. The lowest BCUT2D eigenvalue weighted by Gasteiger charge is -2.35. The molecule has 35 heavy (non-hydrogen) atoms. The number of anilines is 1. The molecule has 7 nitrogen and oxygen atoms in total. The van der Waals surface area contributed by atoms with E-state index in [2.05, 4.69) is 26.6 Å². The van der Waals surface area contributed by atoms with Crippen LogP contribution in [0, 0.1) is 25.7 Å². The van der Waals surface area contributed by atoms with Crippen molar-refractivity contribution in [1.29, 1.82) is 0 Å². The molecule has 3 aliphatic rings. The van der Waals surface area contributed by atoms with Gasteiger partial charge in [-0.2, -0.15) is 0 Å². The number of rotatable bonds is 10. The zero-order valence-electron chi connectivity index (χ0n) is 20.7. The van der Waals surface area contributed by atoms with Crippen molar-refractivity contribution in [3.05, 3.63) is 29.3 Å². The SMILES string of the molecule is CCCNC(=O)[C@H]1[C@H]2C(=O)N(CCCCCO)C(C(=O)Nc3c(C)cccc3C)C23CC(Br)[C@@H]1S3. The van der Waals surface area contributed by atoms with Crippen molar-refractivity contribution in [3.8, 4) is 0 Å². The molecule has 3 aliphatic heterocycles. The van der Waals surface area contributed by atoms with E-state index >= 15 is 0 Å². The minimum Gasteiger partial charge on any atom is -0.396 e. The zero-order chi connectivity index (χ0) is 25.3. The van der Waals surface area contributed by atoms with Crippen LogP contribution < -0.4 is 10.6 Å². The van der Waals surface area contributed by atoms with Crippen LogP contribution >= 0.6 is 27.7 Å².